The first kappa shape index (κ1) is 13.0. The molecule has 1 aliphatic carbocycles. The molecule has 0 amide bonds. The minimum absolute atomic E-state index is 0.0530. The van der Waals surface area contributed by atoms with Gasteiger partial charge >= 0.3 is 0 Å². The number of aryl methyl sites for hydroxylation is 1. The molecule has 2 fully saturated rings. The number of nitrogens with one attached hydrogen (secondary N) is 1. The summed E-state index contributed by atoms with van der Waals surface area (Å²) in [6.07, 6.45) is 2.26. The Labute approximate surface area is 112 Å². The second kappa shape index (κ2) is 5.17. The molecular formula is C15H20F2N2. The highest BCUT2D eigenvalue weighted by molar-refractivity contribution is 5.29. The minimum Gasteiger partial charge on any atom is -0.314 e. The molecule has 1 aliphatic heterocycles. The molecule has 0 unspecified atom stereocenters. The van der Waals surface area contributed by atoms with Crippen LogP contribution in [0.25, 0.3) is 0 Å². The predicted molar refractivity (Wildman–Crippen MR) is 71.0 cm³/mol. The molecule has 19 heavy (non-hydrogen) atoms. The van der Waals surface area contributed by atoms with Gasteiger partial charge < -0.3 is 5.32 Å². The van der Waals surface area contributed by atoms with Gasteiger partial charge in [0, 0.05) is 37.8 Å². The number of benzene rings is 1. The Morgan fingerprint density at radius 2 is 1.84 bits per heavy atom. The van der Waals surface area contributed by atoms with Crippen LogP contribution in [0, 0.1) is 24.5 Å². The fourth-order valence-electron chi connectivity index (χ4n) is 3.01. The van der Waals surface area contributed by atoms with Crippen molar-refractivity contribution in [3.8, 4) is 0 Å². The van der Waals surface area contributed by atoms with Gasteiger partial charge in [-0.3, -0.25) is 4.90 Å². The van der Waals surface area contributed by atoms with Crippen LogP contribution in [0.5, 0.6) is 0 Å². The molecule has 1 saturated heterocycles. The lowest BCUT2D eigenvalue weighted by molar-refractivity contribution is 0.152. The zero-order chi connectivity index (χ0) is 13.4. The van der Waals surface area contributed by atoms with E-state index in [9.17, 15) is 8.78 Å². The number of rotatable bonds is 3. The molecule has 1 aromatic carbocycles. The molecule has 3 rings (SSSR count). The third-order valence-corrected chi connectivity index (χ3v) is 4.24. The largest absolute Gasteiger partial charge is 0.314 e. The van der Waals surface area contributed by atoms with Crippen LogP contribution < -0.4 is 5.32 Å². The summed E-state index contributed by atoms with van der Waals surface area (Å²) in [6.45, 7) is 5.30. The Morgan fingerprint density at radius 3 is 2.47 bits per heavy atom. The smallest absolute Gasteiger partial charge is 0.163 e. The molecule has 0 aromatic heterocycles. The highest BCUT2D eigenvalue weighted by Crippen LogP contribution is 2.45. The average Bonchev–Trinajstić information content (AvgIpc) is 3.25. The van der Waals surface area contributed by atoms with Crippen LogP contribution in [0.15, 0.2) is 12.1 Å². The molecule has 1 aromatic rings. The van der Waals surface area contributed by atoms with Gasteiger partial charge in [0.1, 0.15) is 0 Å². The van der Waals surface area contributed by atoms with Crippen LogP contribution in [-0.2, 0) is 0 Å². The van der Waals surface area contributed by atoms with E-state index in [1.165, 1.54) is 0 Å². The lowest BCUT2D eigenvalue weighted by atomic mass is 9.97. The van der Waals surface area contributed by atoms with Crippen molar-refractivity contribution in [1.82, 2.24) is 10.2 Å². The zero-order valence-corrected chi connectivity index (χ0v) is 11.3. The van der Waals surface area contributed by atoms with E-state index in [0.29, 0.717) is 17.0 Å². The van der Waals surface area contributed by atoms with Gasteiger partial charge in [-0.1, -0.05) is 12.1 Å². The van der Waals surface area contributed by atoms with E-state index < -0.39 is 11.6 Å². The Morgan fingerprint density at radius 1 is 1.16 bits per heavy atom. The van der Waals surface area contributed by atoms with E-state index in [-0.39, 0.29) is 6.04 Å². The molecule has 2 aliphatic rings. The van der Waals surface area contributed by atoms with Crippen molar-refractivity contribution in [3.63, 3.8) is 0 Å². The number of hydrogen-bond acceptors (Lipinski definition) is 2. The SMILES string of the molecule is Cc1ccc([C@@H](C2CC2)N2CCNCC2)c(F)c1F. The Balaban J connectivity index is 1.93. The van der Waals surface area contributed by atoms with Crippen LogP contribution in [-0.4, -0.2) is 31.1 Å². The molecular weight excluding hydrogens is 246 g/mol. The molecule has 1 N–H and O–H groups in total. The van der Waals surface area contributed by atoms with E-state index in [2.05, 4.69) is 10.2 Å². The third-order valence-electron chi connectivity index (χ3n) is 4.24. The molecule has 4 heteroatoms. The van der Waals surface area contributed by atoms with E-state index in [1.54, 1.807) is 19.1 Å². The number of piperazine rings is 1. The maximum absolute atomic E-state index is 14.2. The third kappa shape index (κ3) is 2.51. The first-order valence-corrected chi connectivity index (χ1v) is 7.07. The maximum Gasteiger partial charge on any atom is 0.163 e. The van der Waals surface area contributed by atoms with Gasteiger partial charge in [0.2, 0.25) is 0 Å². The summed E-state index contributed by atoms with van der Waals surface area (Å²) in [6, 6.07) is 3.53. The van der Waals surface area contributed by atoms with Gasteiger partial charge in [0.05, 0.1) is 0 Å². The number of halogens is 2. The number of hydrogen-bond donors (Lipinski definition) is 1. The molecule has 2 nitrogen and oxygen atoms in total. The fourth-order valence-corrected chi connectivity index (χ4v) is 3.01. The normalized spacial score (nSPS) is 22.5. The van der Waals surface area contributed by atoms with E-state index in [0.717, 1.165) is 39.0 Å². The van der Waals surface area contributed by atoms with Crippen molar-refractivity contribution in [3.05, 3.63) is 34.9 Å². The van der Waals surface area contributed by atoms with E-state index in [4.69, 9.17) is 0 Å². The second-order valence-electron chi connectivity index (χ2n) is 5.67. The summed E-state index contributed by atoms with van der Waals surface area (Å²) in [7, 11) is 0. The summed E-state index contributed by atoms with van der Waals surface area (Å²) in [5.74, 6) is -0.830. The van der Waals surface area contributed by atoms with Gasteiger partial charge in [-0.25, -0.2) is 8.78 Å². The molecule has 0 radical (unpaired) electrons. The molecule has 0 bridgehead atoms. The standard InChI is InChI=1S/C15H20F2N2/c1-10-2-5-12(14(17)13(10)16)15(11-3-4-11)19-8-6-18-7-9-19/h2,5,11,15,18H,3-4,6-9H2,1H3/t15-/m1/s1. The van der Waals surface area contributed by atoms with Crippen LogP contribution in [0.3, 0.4) is 0 Å². The van der Waals surface area contributed by atoms with Gasteiger partial charge in [-0.05, 0) is 31.2 Å². The summed E-state index contributed by atoms with van der Waals surface area (Å²) in [5.41, 5.74) is 0.934. The molecule has 0 spiro atoms. The Kier molecular flexibility index (Phi) is 3.54. The van der Waals surface area contributed by atoms with E-state index >= 15 is 0 Å². The van der Waals surface area contributed by atoms with E-state index in [1.807, 2.05) is 0 Å². The van der Waals surface area contributed by atoms with Crippen molar-refractivity contribution >= 4 is 0 Å². The fraction of sp³-hybridized carbons (Fsp3) is 0.600. The average molecular weight is 266 g/mol. The highest BCUT2D eigenvalue weighted by Gasteiger charge is 2.38. The Hall–Kier alpha value is -1.00. The predicted octanol–water partition coefficient (Wildman–Crippen LogP) is 2.63. The van der Waals surface area contributed by atoms with Crippen molar-refractivity contribution in [1.29, 1.82) is 0 Å². The van der Waals surface area contributed by atoms with Crippen LogP contribution in [0.2, 0.25) is 0 Å². The van der Waals surface area contributed by atoms with Crippen molar-refractivity contribution in [2.24, 2.45) is 5.92 Å². The van der Waals surface area contributed by atoms with Gasteiger partial charge in [-0.15, -0.1) is 0 Å². The van der Waals surface area contributed by atoms with Gasteiger partial charge in [0.25, 0.3) is 0 Å². The summed E-state index contributed by atoms with van der Waals surface area (Å²) < 4.78 is 28.0. The molecule has 1 atom stereocenters. The van der Waals surface area contributed by atoms with Crippen molar-refractivity contribution in [2.75, 3.05) is 26.2 Å². The van der Waals surface area contributed by atoms with Crippen LogP contribution in [0.1, 0.15) is 30.0 Å². The minimum atomic E-state index is -0.682. The summed E-state index contributed by atoms with van der Waals surface area (Å²) in [5, 5.41) is 3.31. The van der Waals surface area contributed by atoms with Gasteiger partial charge in [-0.2, -0.15) is 0 Å². The molecule has 104 valence electrons. The summed E-state index contributed by atoms with van der Waals surface area (Å²) in [4.78, 5) is 2.31. The zero-order valence-electron chi connectivity index (χ0n) is 11.3. The first-order valence-electron chi connectivity index (χ1n) is 7.07. The lowest BCUT2D eigenvalue weighted by Crippen LogP contribution is -2.46. The quantitative estimate of drug-likeness (QED) is 0.904. The monoisotopic (exact) mass is 266 g/mol. The second-order valence-corrected chi connectivity index (χ2v) is 5.67. The first-order chi connectivity index (χ1) is 9.18. The van der Waals surface area contributed by atoms with Crippen molar-refractivity contribution < 1.29 is 8.78 Å². The van der Waals surface area contributed by atoms with Crippen molar-refractivity contribution in [2.45, 2.75) is 25.8 Å². The molecule has 1 saturated carbocycles. The number of nitrogens with zero attached hydrogens (tertiary/aromatic N) is 1. The highest BCUT2D eigenvalue weighted by atomic mass is 19.2. The van der Waals surface area contributed by atoms with Crippen LogP contribution in [0.4, 0.5) is 8.78 Å². The Bertz CT molecular complexity index is 465. The summed E-state index contributed by atoms with van der Waals surface area (Å²) >= 11 is 0. The van der Waals surface area contributed by atoms with Gasteiger partial charge in [0.15, 0.2) is 11.6 Å². The molecule has 1 heterocycles. The topological polar surface area (TPSA) is 15.3 Å². The lowest BCUT2D eigenvalue weighted by Gasteiger charge is -2.35. The maximum atomic E-state index is 14.2. The van der Waals surface area contributed by atoms with Crippen LogP contribution >= 0.6 is 0 Å².